The Hall–Kier alpha value is -4.43. The number of hydrogen-bond donors (Lipinski definition) is 5. The molecule has 0 saturated carbocycles. The number of aliphatic hydroxyl groups is 3. The third-order valence-electron chi connectivity index (χ3n) is 6.71. The number of nitrogens with one attached hydrogen (secondary N) is 1. The second-order valence-corrected chi connectivity index (χ2v) is 9.37. The smallest absolute Gasteiger partial charge is 0.309 e. The first kappa shape index (κ1) is 27.1. The maximum Gasteiger partial charge on any atom is 0.309 e. The van der Waals surface area contributed by atoms with Gasteiger partial charge >= 0.3 is 5.97 Å². The lowest BCUT2D eigenvalue weighted by molar-refractivity contribution is -0.139. The number of methoxy groups -OCH3 is 1. The summed E-state index contributed by atoms with van der Waals surface area (Å²) >= 11 is 0. The number of primary amides is 1. The summed E-state index contributed by atoms with van der Waals surface area (Å²) in [6.07, 6.45) is -1.58. The fourth-order valence-corrected chi connectivity index (χ4v) is 4.66. The van der Waals surface area contributed by atoms with Crippen LogP contribution in [0.3, 0.4) is 0 Å². The van der Waals surface area contributed by atoms with E-state index in [0.29, 0.717) is 28.2 Å². The van der Waals surface area contributed by atoms with E-state index < -0.39 is 37.1 Å². The van der Waals surface area contributed by atoms with Gasteiger partial charge in [-0.3, -0.25) is 14.2 Å². The van der Waals surface area contributed by atoms with Gasteiger partial charge in [-0.15, -0.1) is 0 Å². The minimum absolute atomic E-state index is 0.0558. The predicted molar refractivity (Wildman–Crippen MR) is 142 cm³/mol. The number of rotatable bonds is 9. The molecule has 0 aliphatic carbocycles. The topological polar surface area (TPSA) is 195 Å². The molecule has 40 heavy (non-hydrogen) atoms. The van der Waals surface area contributed by atoms with E-state index in [9.17, 15) is 24.9 Å². The first-order valence-electron chi connectivity index (χ1n) is 12.4. The molecule has 4 atom stereocenters. The molecule has 0 radical (unpaired) electrons. The summed E-state index contributed by atoms with van der Waals surface area (Å²) in [7, 11) is 1.34. The molecule has 0 bridgehead atoms. The molecule has 2 aromatic heterocycles. The second kappa shape index (κ2) is 11.4. The van der Waals surface area contributed by atoms with E-state index in [4.69, 9.17) is 15.2 Å². The normalized spacial score (nSPS) is 20.5. The Kier molecular flexibility index (Phi) is 7.71. The third kappa shape index (κ3) is 5.35. The zero-order chi connectivity index (χ0) is 28.4. The van der Waals surface area contributed by atoms with Crippen LogP contribution in [0.2, 0.25) is 0 Å². The Labute approximate surface area is 228 Å². The Morgan fingerprint density at radius 2 is 1.80 bits per heavy atom. The predicted octanol–water partition coefficient (Wildman–Crippen LogP) is 0.592. The van der Waals surface area contributed by atoms with E-state index in [1.165, 1.54) is 24.3 Å². The van der Waals surface area contributed by atoms with Crippen LogP contribution < -0.4 is 11.1 Å². The van der Waals surface area contributed by atoms with Crippen molar-refractivity contribution in [2.75, 3.05) is 19.0 Å². The van der Waals surface area contributed by atoms with Crippen molar-refractivity contribution in [2.24, 2.45) is 5.73 Å². The Balaban J connectivity index is 1.50. The number of ether oxygens (including phenoxy) is 2. The molecule has 1 fully saturated rings. The number of benzene rings is 2. The van der Waals surface area contributed by atoms with Crippen molar-refractivity contribution in [2.45, 2.75) is 37.4 Å². The highest BCUT2D eigenvalue weighted by molar-refractivity contribution is 5.89. The average molecular weight is 549 g/mol. The highest BCUT2D eigenvalue weighted by Gasteiger charge is 2.44. The Morgan fingerprint density at radius 1 is 1.05 bits per heavy atom. The molecule has 1 aliphatic rings. The number of amides is 1. The number of nitrogens with zero attached hydrogens (tertiary/aromatic N) is 4. The second-order valence-electron chi connectivity index (χ2n) is 9.37. The van der Waals surface area contributed by atoms with E-state index in [1.807, 2.05) is 30.3 Å². The molecule has 3 heterocycles. The number of aliphatic hydroxyl groups excluding tert-OH is 3. The zero-order valence-corrected chi connectivity index (χ0v) is 21.5. The molecular weight excluding hydrogens is 520 g/mol. The van der Waals surface area contributed by atoms with Gasteiger partial charge in [0.25, 0.3) is 0 Å². The van der Waals surface area contributed by atoms with Crippen LogP contribution in [0.25, 0.3) is 22.3 Å². The number of carbonyl (C=O) groups excluding carboxylic acids is 2. The van der Waals surface area contributed by atoms with Crippen molar-refractivity contribution >= 4 is 34.5 Å². The first-order chi connectivity index (χ1) is 19.3. The van der Waals surface area contributed by atoms with Crippen molar-refractivity contribution in [1.82, 2.24) is 19.5 Å². The maximum atomic E-state index is 11.7. The maximum absolute atomic E-state index is 11.7. The van der Waals surface area contributed by atoms with E-state index in [-0.39, 0.29) is 18.8 Å². The van der Waals surface area contributed by atoms with Gasteiger partial charge in [0, 0.05) is 11.3 Å². The molecular formula is C27H28N6O7. The largest absolute Gasteiger partial charge is 0.469 e. The van der Waals surface area contributed by atoms with Gasteiger partial charge in [-0.2, -0.15) is 0 Å². The Bertz CT molecular complexity index is 1540. The van der Waals surface area contributed by atoms with Gasteiger partial charge < -0.3 is 35.8 Å². The van der Waals surface area contributed by atoms with Gasteiger partial charge in [0.05, 0.1) is 32.9 Å². The molecule has 0 spiro atoms. The summed E-state index contributed by atoms with van der Waals surface area (Å²) in [6, 6.07) is 12.8. The lowest BCUT2D eigenvalue weighted by atomic mass is 9.98. The van der Waals surface area contributed by atoms with Crippen LogP contribution in [0.15, 0.2) is 55.1 Å². The van der Waals surface area contributed by atoms with Crippen LogP contribution in [0.4, 0.5) is 11.5 Å². The van der Waals surface area contributed by atoms with Gasteiger partial charge in [0.2, 0.25) is 5.91 Å². The van der Waals surface area contributed by atoms with Crippen LogP contribution in [-0.2, 0) is 31.9 Å². The number of nitrogens with two attached hydrogens (primary N) is 1. The molecule has 208 valence electrons. The fourth-order valence-electron chi connectivity index (χ4n) is 4.66. The minimum Gasteiger partial charge on any atom is -0.469 e. The van der Waals surface area contributed by atoms with Crippen molar-refractivity contribution < 1.29 is 34.4 Å². The van der Waals surface area contributed by atoms with E-state index >= 15 is 0 Å². The van der Waals surface area contributed by atoms with Crippen LogP contribution in [-0.4, -0.2) is 78.7 Å². The minimum atomic E-state index is -1.30. The van der Waals surface area contributed by atoms with E-state index in [0.717, 1.165) is 16.7 Å². The SMILES string of the molecule is COC(=O)Cc1ccc(-c2cc(CC(N)=O)ccc2Nc2ncnc3c2ncn3[C@@H]2O[C@H](CO)[C@@H](O)[C@H]2O)cc1. The molecule has 5 rings (SSSR count). The molecule has 1 aliphatic heterocycles. The lowest BCUT2D eigenvalue weighted by Crippen LogP contribution is -2.33. The molecule has 4 aromatic rings. The number of imidazole rings is 1. The van der Waals surface area contributed by atoms with Crippen LogP contribution in [0.5, 0.6) is 0 Å². The van der Waals surface area contributed by atoms with E-state index in [1.54, 1.807) is 12.1 Å². The number of anilines is 2. The fraction of sp³-hybridized carbons (Fsp3) is 0.296. The van der Waals surface area contributed by atoms with Crippen molar-refractivity contribution in [3.05, 3.63) is 66.2 Å². The summed E-state index contributed by atoms with van der Waals surface area (Å²) in [6.45, 7) is -0.457. The summed E-state index contributed by atoms with van der Waals surface area (Å²) < 4.78 is 11.8. The van der Waals surface area contributed by atoms with Gasteiger partial charge in [0.15, 0.2) is 23.2 Å². The van der Waals surface area contributed by atoms with Crippen molar-refractivity contribution in [1.29, 1.82) is 0 Å². The summed E-state index contributed by atoms with van der Waals surface area (Å²) in [5, 5.41) is 33.4. The lowest BCUT2D eigenvalue weighted by Gasteiger charge is -2.17. The quantitative estimate of drug-likeness (QED) is 0.184. The average Bonchev–Trinajstić information content (AvgIpc) is 3.50. The molecule has 1 amide bonds. The molecule has 13 nitrogen and oxygen atoms in total. The highest BCUT2D eigenvalue weighted by Crippen LogP contribution is 2.35. The van der Waals surface area contributed by atoms with Crippen molar-refractivity contribution in [3.8, 4) is 11.1 Å². The zero-order valence-electron chi connectivity index (χ0n) is 21.5. The molecule has 1 saturated heterocycles. The van der Waals surface area contributed by atoms with Crippen molar-refractivity contribution in [3.63, 3.8) is 0 Å². The van der Waals surface area contributed by atoms with Crippen LogP contribution >= 0.6 is 0 Å². The number of fused-ring (bicyclic) bond motifs is 1. The molecule has 6 N–H and O–H groups in total. The van der Waals surface area contributed by atoms with Crippen LogP contribution in [0, 0.1) is 0 Å². The van der Waals surface area contributed by atoms with Gasteiger partial charge in [-0.1, -0.05) is 30.3 Å². The molecule has 13 heteroatoms. The summed E-state index contributed by atoms with van der Waals surface area (Å²) in [4.78, 5) is 36.3. The van der Waals surface area contributed by atoms with Gasteiger partial charge in [0.1, 0.15) is 24.6 Å². The molecule has 2 aromatic carbocycles. The van der Waals surface area contributed by atoms with Gasteiger partial charge in [-0.25, -0.2) is 15.0 Å². The number of carbonyl (C=O) groups is 2. The summed E-state index contributed by atoms with van der Waals surface area (Å²) in [5.74, 6) is -0.447. The third-order valence-corrected chi connectivity index (χ3v) is 6.71. The monoisotopic (exact) mass is 548 g/mol. The number of hydrogen-bond acceptors (Lipinski definition) is 11. The summed E-state index contributed by atoms with van der Waals surface area (Å²) in [5.41, 5.74) is 9.85. The highest BCUT2D eigenvalue weighted by atomic mass is 16.6. The van der Waals surface area contributed by atoms with E-state index in [2.05, 4.69) is 20.3 Å². The number of aromatic nitrogens is 4. The first-order valence-corrected chi connectivity index (χ1v) is 12.4. The van der Waals surface area contributed by atoms with Crippen LogP contribution in [0.1, 0.15) is 17.4 Å². The Morgan fingerprint density at radius 3 is 2.48 bits per heavy atom. The van der Waals surface area contributed by atoms with Gasteiger partial charge in [-0.05, 0) is 28.8 Å². The standard InChI is InChI=1S/C27H28N6O7/c1-39-21(36)10-14-2-5-16(6-3-14)17-8-15(9-20(28)35)4-7-18(17)32-25-22-26(30-12-29-25)33(13-31-22)27-24(38)23(37)19(11-34)40-27/h2-8,12-13,19,23-24,27,34,37-38H,9-11H2,1H3,(H2,28,35)(H,29,30,32)/t19-,23-,24-,27-/m1/s1. The molecule has 0 unspecified atom stereocenters. The number of esters is 1.